The van der Waals surface area contributed by atoms with E-state index in [-0.39, 0.29) is 32.0 Å². The predicted molar refractivity (Wildman–Crippen MR) is 67.2 cm³/mol. The molecule has 1 fully saturated rings. The zero-order valence-corrected chi connectivity index (χ0v) is 11.1. The molecule has 0 amide bonds. The minimum absolute atomic E-state index is 0.0184. The van der Waals surface area contributed by atoms with E-state index in [0.29, 0.717) is 13.0 Å². The molecule has 0 aromatic heterocycles. The van der Waals surface area contributed by atoms with E-state index in [0.717, 1.165) is 12.6 Å². The highest BCUT2D eigenvalue weighted by molar-refractivity contribution is 5.81. The molecule has 19 heavy (non-hydrogen) atoms. The molecule has 0 aromatic rings. The molecule has 0 aliphatic carbocycles. The van der Waals surface area contributed by atoms with Gasteiger partial charge in [0.2, 0.25) is 0 Å². The topological polar surface area (TPSA) is 104 Å². The standard InChI is InChI=1S/C7H12O4.C5H9NO2/c1-2-7(9)11-6-5-10-4-3-8;1-2-5(7)8-4-3-6-4/h2,8H,1,3-6H2;4,6H,2-3H2,1H3. The SMILES string of the molecule is C=CC(=O)OCCOCCO.CCC(=O)OC1CN1. The quantitative estimate of drug-likeness (QED) is 0.268. The fourth-order valence-electron chi connectivity index (χ4n) is 0.800. The Morgan fingerprint density at radius 1 is 1.42 bits per heavy atom. The highest BCUT2D eigenvalue weighted by Crippen LogP contribution is 1.99. The van der Waals surface area contributed by atoms with Gasteiger partial charge in [0.25, 0.3) is 0 Å². The second kappa shape index (κ2) is 11.6. The Morgan fingerprint density at radius 2 is 2.11 bits per heavy atom. The summed E-state index contributed by atoms with van der Waals surface area (Å²) < 4.78 is 14.2. The van der Waals surface area contributed by atoms with Gasteiger partial charge in [0.15, 0.2) is 6.23 Å². The van der Waals surface area contributed by atoms with Crippen LogP contribution in [-0.2, 0) is 23.8 Å². The second-order valence-corrected chi connectivity index (χ2v) is 3.45. The lowest BCUT2D eigenvalue weighted by molar-refractivity contribution is -0.144. The molecule has 0 bridgehead atoms. The van der Waals surface area contributed by atoms with Crippen molar-refractivity contribution >= 4 is 11.9 Å². The maximum atomic E-state index is 10.4. The number of aliphatic hydroxyl groups is 1. The number of carbonyl (C=O) groups excluding carboxylic acids is 2. The second-order valence-electron chi connectivity index (χ2n) is 3.45. The lowest BCUT2D eigenvalue weighted by atomic mass is 10.5. The first-order chi connectivity index (χ1) is 9.13. The molecule has 0 saturated carbocycles. The van der Waals surface area contributed by atoms with Crippen LogP contribution in [0.25, 0.3) is 0 Å². The summed E-state index contributed by atoms with van der Waals surface area (Å²) in [6.07, 6.45) is 1.59. The van der Waals surface area contributed by atoms with Gasteiger partial charge in [-0.05, 0) is 0 Å². The van der Waals surface area contributed by atoms with E-state index >= 15 is 0 Å². The average Bonchev–Trinajstić information content (AvgIpc) is 3.22. The Labute approximate surface area is 112 Å². The van der Waals surface area contributed by atoms with Crippen molar-refractivity contribution in [1.82, 2.24) is 5.32 Å². The summed E-state index contributed by atoms with van der Waals surface area (Å²) >= 11 is 0. The molecule has 7 heteroatoms. The number of hydrogen-bond acceptors (Lipinski definition) is 7. The van der Waals surface area contributed by atoms with Crippen molar-refractivity contribution in [3.05, 3.63) is 12.7 Å². The van der Waals surface area contributed by atoms with Crippen molar-refractivity contribution in [3.63, 3.8) is 0 Å². The molecule has 1 aliphatic heterocycles. The van der Waals surface area contributed by atoms with Crippen molar-refractivity contribution in [1.29, 1.82) is 0 Å². The number of carbonyl (C=O) groups is 2. The van der Waals surface area contributed by atoms with Crippen LogP contribution >= 0.6 is 0 Å². The van der Waals surface area contributed by atoms with Gasteiger partial charge < -0.3 is 19.3 Å². The first-order valence-corrected chi connectivity index (χ1v) is 6.04. The molecule has 2 N–H and O–H groups in total. The van der Waals surface area contributed by atoms with Gasteiger partial charge in [0.05, 0.1) is 19.8 Å². The van der Waals surface area contributed by atoms with Crippen LogP contribution < -0.4 is 5.32 Å². The van der Waals surface area contributed by atoms with E-state index < -0.39 is 5.97 Å². The fourth-order valence-corrected chi connectivity index (χ4v) is 0.800. The molecule has 1 unspecified atom stereocenters. The minimum Gasteiger partial charge on any atom is -0.460 e. The number of hydrogen-bond donors (Lipinski definition) is 2. The van der Waals surface area contributed by atoms with Gasteiger partial charge in [0, 0.05) is 19.0 Å². The number of rotatable bonds is 8. The van der Waals surface area contributed by atoms with Crippen LogP contribution in [0.5, 0.6) is 0 Å². The number of ether oxygens (including phenoxy) is 3. The Hall–Kier alpha value is -1.44. The van der Waals surface area contributed by atoms with Gasteiger partial charge in [-0.3, -0.25) is 10.1 Å². The Balaban J connectivity index is 0.000000356. The Bertz CT molecular complexity index is 277. The zero-order valence-electron chi connectivity index (χ0n) is 11.1. The van der Waals surface area contributed by atoms with E-state index in [4.69, 9.17) is 14.6 Å². The van der Waals surface area contributed by atoms with Crippen molar-refractivity contribution in [2.45, 2.75) is 19.6 Å². The Kier molecular flexibility index (Phi) is 10.8. The molecular weight excluding hydrogens is 254 g/mol. The van der Waals surface area contributed by atoms with Crippen LogP contribution in [-0.4, -0.2) is 56.2 Å². The summed E-state index contributed by atoms with van der Waals surface area (Å²) in [6.45, 7) is 6.58. The molecule has 1 heterocycles. The monoisotopic (exact) mass is 275 g/mol. The van der Waals surface area contributed by atoms with E-state index in [2.05, 4.69) is 16.6 Å². The van der Waals surface area contributed by atoms with Crippen LogP contribution in [0.3, 0.4) is 0 Å². The van der Waals surface area contributed by atoms with Crippen molar-refractivity contribution < 1.29 is 28.9 Å². The van der Waals surface area contributed by atoms with E-state index in [1.54, 1.807) is 6.92 Å². The van der Waals surface area contributed by atoms with Gasteiger partial charge >= 0.3 is 11.9 Å². The molecule has 0 spiro atoms. The third kappa shape index (κ3) is 12.8. The van der Waals surface area contributed by atoms with Gasteiger partial charge in [-0.1, -0.05) is 13.5 Å². The van der Waals surface area contributed by atoms with Crippen LogP contribution in [0, 0.1) is 0 Å². The number of esters is 2. The summed E-state index contributed by atoms with van der Waals surface area (Å²) in [6, 6.07) is 0. The van der Waals surface area contributed by atoms with E-state index in [1.165, 1.54) is 0 Å². The maximum Gasteiger partial charge on any atom is 0.330 e. The average molecular weight is 275 g/mol. The first-order valence-electron chi connectivity index (χ1n) is 6.04. The molecule has 0 radical (unpaired) electrons. The first kappa shape index (κ1) is 17.6. The molecule has 1 atom stereocenters. The van der Waals surface area contributed by atoms with Crippen LogP contribution in [0.4, 0.5) is 0 Å². The summed E-state index contributed by atoms with van der Waals surface area (Å²) in [4.78, 5) is 20.8. The van der Waals surface area contributed by atoms with Gasteiger partial charge in [-0.25, -0.2) is 4.79 Å². The van der Waals surface area contributed by atoms with Crippen LogP contribution in [0.1, 0.15) is 13.3 Å². The smallest absolute Gasteiger partial charge is 0.330 e. The largest absolute Gasteiger partial charge is 0.460 e. The third-order valence-electron chi connectivity index (χ3n) is 1.81. The summed E-state index contributed by atoms with van der Waals surface area (Å²) in [5.74, 6) is -0.586. The van der Waals surface area contributed by atoms with Crippen LogP contribution in [0.15, 0.2) is 12.7 Å². The van der Waals surface area contributed by atoms with Crippen molar-refractivity contribution in [3.8, 4) is 0 Å². The van der Waals surface area contributed by atoms with Crippen LogP contribution in [0.2, 0.25) is 0 Å². The number of nitrogens with one attached hydrogen (secondary N) is 1. The third-order valence-corrected chi connectivity index (χ3v) is 1.81. The van der Waals surface area contributed by atoms with Crippen molar-refractivity contribution in [2.24, 2.45) is 0 Å². The fraction of sp³-hybridized carbons (Fsp3) is 0.667. The van der Waals surface area contributed by atoms with E-state index in [9.17, 15) is 9.59 Å². The lowest BCUT2D eigenvalue weighted by Crippen LogP contribution is -2.09. The maximum absolute atomic E-state index is 10.4. The highest BCUT2D eigenvalue weighted by atomic mass is 16.6. The Morgan fingerprint density at radius 3 is 2.58 bits per heavy atom. The molecule has 1 aliphatic rings. The van der Waals surface area contributed by atoms with Gasteiger partial charge in [-0.15, -0.1) is 0 Å². The van der Waals surface area contributed by atoms with Gasteiger partial charge in [-0.2, -0.15) is 0 Å². The normalized spacial score (nSPS) is 15.8. The molecular formula is C12H21NO6. The van der Waals surface area contributed by atoms with Crippen molar-refractivity contribution in [2.75, 3.05) is 33.0 Å². The molecule has 1 saturated heterocycles. The highest BCUT2D eigenvalue weighted by Gasteiger charge is 2.23. The van der Waals surface area contributed by atoms with Gasteiger partial charge in [0.1, 0.15) is 6.61 Å². The predicted octanol–water partition coefficient (Wildman–Crippen LogP) is -0.407. The summed E-state index contributed by atoms with van der Waals surface area (Å²) in [7, 11) is 0. The number of aliphatic hydroxyl groups excluding tert-OH is 1. The molecule has 110 valence electrons. The van der Waals surface area contributed by atoms with E-state index in [1.807, 2.05) is 0 Å². The molecule has 7 nitrogen and oxygen atoms in total. The summed E-state index contributed by atoms with van der Waals surface area (Å²) in [5, 5.41) is 11.1. The molecule has 0 aromatic carbocycles. The zero-order chi connectivity index (χ0) is 14.5. The summed E-state index contributed by atoms with van der Waals surface area (Å²) in [5.41, 5.74) is 0. The lowest BCUT2D eigenvalue weighted by Gasteiger charge is -2.01. The minimum atomic E-state index is -0.461. The molecule has 1 rings (SSSR count).